The number of nitrogens with zero attached hydrogens (tertiary/aromatic N) is 1. The summed E-state index contributed by atoms with van der Waals surface area (Å²) in [6.07, 6.45) is -0.467. The zero-order chi connectivity index (χ0) is 11.5. The Balaban J connectivity index is 2.80. The van der Waals surface area contributed by atoms with E-state index in [1.165, 1.54) is 0 Å². The maximum Gasteiger partial charge on any atom is 0.214 e. The monoisotopic (exact) mass is 210 g/mol. The lowest BCUT2D eigenvalue weighted by atomic mass is 9.99. The van der Waals surface area contributed by atoms with Gasteiger partial charge in [0.2, 0.25) is 5.88 Å². The molecule has 0 aliphatic rings. The van der Waals surface area contributed by atoms with Crippen LogP contribution in [0.1, 0.15) is 20.8 Å². The molecule has 0 radical (unpaired) electrons. The average Bonchev–Trinajstić information content (AvgIpc) is 2.17. The first-order chi connectivity index (χ1) is 6.95. The number of hydrogen-bond donors (Lipinski definition) is 2. The third-order valence-electron chi connectivity index (χ3n) is 2.43. The summed E-state index contributed by atoms with van der Waals surface area (Å²) < 4.78 is 5.02. The minimum Gasteiger partial charge on any atom is -0.481 e. The van der Waals surface area contributed by atoms with Crippen LogP contribution >= 0.6 is 0 Å². The molecule has 2 N–H and O–H groups in total. The van der Waals surface area contributed by atoms with Crippen molar-refractivity contribution in [3.05, 3.63) is 18.2 Å². The highest BCUT2D eigenvalue weighted by Gasteiger charge is 2.24. The van der Waals surface area contributed by atoms with Gasteiger partial charge in [0.05, 0.1) is 18.8 Å². The fourth-order valence-electron chi connectivity index (χ4n) is 1.03. The summed E-state index contributed by atoms with van der Waals surface area (Å²) in [5, 5.41) is 12.7. The van der Waals surface area contributed by atoms with Crippen molar-refractivity contribution in [3.8, 4) is 5.88 Å². The highest BCUT2D eigenvalue weighted by atomic mass is 16.5. The van der Waals surface area contributed by atoms with Crippen molar-refractivity contribution in [1.29, 1.82) is 0 Å². The minimum absolute atomic E-state index is 0.417. The predicted octanol–water partition coefficient (Wildman–Crippen LogP) is 1.66. The second-order valence-electron chi connectivity index (χ2n) is 4.09. The lowest BCUT2D eigenvalue weighted by Crippen LogP contribution is -2.42. The standard InChI is InChI=1S/C11H18N2O2/c1-8(14)11(2,3)13-9-6-5-7-10(12-9)15-4/h5-8,14H,1-4H3,(H,12,13). The number of rotatable bonds is 4. The maximum absolute atomic E-state index is 9.55. The zero-order valence-corrected chi connectivity index (χ0v) is 9.61. The lowest BCUT2D eigenvalue weighted by molar-refractivity contribution is 0.133. The molecule has 0 saturated heterocycles. The van der Waals surface area contributed by atoms with Crippen LogP contribution in [0.2, 0.25) is 0 Å². The van der Waals surface area contributed by atoms with Gasteiger partial charge in [-0.1, -0.05) is 6.07 Å². The Morgan fingerprint density at radius 3 is 2.67 bits per heavy atom. The van der Waals surface area contributed by atoms with Gasteiger partial charge < -0.3 is 15.2 Å². The molecule has 0 amide bonds. The van der Waals surface area contributed by atoms with Gasteiger partial charge >= 0.3 is 0 Å². The summed E-state index contributed by atoms with van der Waals surface area (Å²) in [5.74, 6) is 1.25. The fraction of sp³-hybridized carbons (Fsp3) is 0.545. The number of aliphatic hydroxyl groups is 1. The highest BCUT2D eigenvalue weighted by molar-refractivity contribution is 5.39. The van der Waals surface area contributed by atoms with E-state index >= 15 is 0 Å². The number of ether oxygens (including phenoxy) is 1. The Hall–Kier alpha value is -1.29. The van der Waals surface area contributed by atoms with Crippen molar-refractivity contribution in [3.63, 3.8) is 0 Å². The van der Waals surface area contributed by atoms with Crippen molar-refractivity contribution in [2.75, 3.05) is 12.4 Å². The molecule has 0 aromatic carbocycles. The van der Waals surface area contributed by atoms with Gasteiger partial charge in [-0.25, -0.2) is 0 Å². The Morgan fingerprint density at radius 1 is 1.47 bits per heavy atom. The first kappa shape index (κ1) is 11.8. The van der Waals surface area contributed by atoms with E-state index in [0.717, 1.165) is 0 Å². The van der Waals surface area contributed by atoms with E-state index in [0.29, 0.717) is 11.7 Å². The molecule has 0 bridgehead atoms. The van der Waals surface area contributed by atoms with Crippen LogP contribution in [0.5, 0.6) is 5.88 Å². The molecule has 15 heavy (non-hydrogen) atoms. The molecule has 1 aromatic rings. The van der Waals surface area contributed by atoms with Crippen molar-refractivity contribution in [2.45, 2.75) is 32.4 Å². The summed E-state index contributed by atoms with van der Waals surface area (Å²) in [7, 11) is 1.58. The van der Waals surface area contributed by atoms with Gasteiger partial charge in [0.25, 0.3) is 0 Å². The van der Waals surface area contributed by atoms with Gasteiger partial charge in [0.1, 0.15) is 5.82 Å². The van der Waals surface area contributed by atoms with Gasteiger partial charge in [-0.15, -0.1) is 0 Å². The number of anilines is 1. The zero-order valence-electron chi connectivity index (χ0n) is 9.61. The molecule has 4 nitrogen and oxygen atoms in total. The molecule has 0 saturated carbocycles. The molecule has 1 unspecified atom stereocenters. The third-order valence-corrected chi connectivity index (χ3v) is 2.43. The quantitative estimate of drug-likeness (QED) is 0.793. The number of nitrogens with one attached hydrogen (secondary N) is 1. The molecule has 1 aromatic heterocycles. The summed E-state index contributed by atoms with van der Waals surface area (Å²) in [5.41, 5.74) is -0.417. The van der Waals surface area contributed by atoms with Gasteiger partial charge in [-0.2, -0.15) is 4.98 Å². The minimum atomic E-state index is -0.467. The van der Waals surface area contributed by atoms with Crippen LogP contribution < -0.4 is 10.1 Å². The Bertz CT molecular complexity index is 324. The van der Waals surface area contributed by atoms with Crippen molar-refractivity contribution in [2.24, 2.45) is 0 Å². The van der Waals surface area contributed by atoms with E-state index in [4.69, 9.17) is 4.74 Å². The summed E-state index contributed by atoms with van der Waals surface area (Å²) in [4.78, 5) is 4.21. The van der Waals surface area contributed by atoms with Crippen molar-refractivity contribution < 1.29 is 9.84 Å². The van der Waals surface area contributed by atoms with Crippen LogP contribution in [0.4, 0.5) is 5.82 Å². The van der Waals surface area contributed by atoms with E-state index in [-0.39, 0.29) is 0 Å². The van der Waals surface area contributed by atoms with E-state index in [9.17, 15) is 5.11 Å². The van der Waals surface area contributed by atoms with Gasteiger partial charge in [0.15, 0.2) is 0 Å². The summed E-state index contributed by atoms with van der Waals surface area (Å²) in [6.45, 7) is 5.57. The molecule has 1 rings (SSSR count). The third kappa shape index (κ3) is 3.09. The van der Waals surface area contributed by atoms with Crippen molar-refractivity contribution in [1.82, 2.24) is 4.98 Å². The number of aromatic nitrogens is 1. The van der Waals surface area contributed by atoms with Gasteiger partial charge in [-0.3, -0.25) is 0 Å². The molecule has 84 valence electrons. The predicted molar refractivity (Wildman–Crippen MR) is 60.2 cm³/mol. The second-order valence-corrected chi connectivity index (χ2v) is 4.09. The normalized spacial score (nSPS) is 13.4. The average molecular weight is 210 g/mol. The number of aliphatic hydroxyl groups excluding tert-OH is 1. The van der Waals surface area contributed by atoms with Crippen LogP contribution in [0, 0.1) is 0 Å². The summed E-state index contributed by atoms with van der Waals surface area (Å²) in [6, 6.07) is 5.47. The maximum atomic E-state index is 9.55. The molecule has 0 spiro atoms. The topological polar surface area (TPSA) is 54.4 Å². The van der Waals surface area contributed by atoms with E-state index in [1.807, 2.05) is 26.0 Å². The fourth-order valence-corrected chi connectivity index (χ4v) is 1.03. The first-order valence-corrected chi connectivity index (χ1v) is 4.93. The Labute approximate surface area is 90.3 Å². The number of pyridine rings is 1. The molecule has 0 fully saturated rings. The molecule has 4 heteroatoms. The number of methoxy groups -OCH3 is 1. The first-order valence-electron chi connectivity index (χ1n) is 4.93. The van der Waals surface area contributed by atoms with Crippen LogP contribution in [0.25, 0.3) is 0 Å². The Morgan fingerprint density at radius 2 is 2.13 bits per heavy atom. The van der Waals surface area contributed by atoms with E-state index in [1.54, 1.807) is 20.1 Å². The molecule has 0 aliphatic carbocycles. The molecule has 0 aliphatic heterocycles. The number of hydrogen-bond acceptors (Lipinski definition) is 4. The molecular weight excluding hydrogens is 192 g/mol. The van der Waals surface area contributed by atoms with Crippen LogP contribution in [0.15, 0.2) is 18.2 Å². The highest BCUT2D eigenvalue weighted by Crippen LogP contribution is 2.18. The van der Waals surface area contributed by atoms with Gasteiger partial charge in [0, 0.05) is 6.07 Å². The van der Waals surface area contributed by atoms with E-state index in [2.05, 4.69) is 10.3 Å². The second kappa shape index (κ2) is 4.49. The SMILES string of the molecule is COc1cccc(NC(C)(C)C(C)O)n1. The largest absolute Gasteiger partial charge is 0.481 e. The molecular formula is C11H18N2O2. The Kier molecular flexibility index (Phi) is 3.52. The van der Waals surface area contributed by atoms with Gasteiger partial charge in [-0.05, 0) is 26.8 Å². The van der Waals surface area contributed by atoms with Crippen LogP contribution in [-0.4, -0.2) is 28.8 Å². The van der Waals surface area contributed by atoms with Crippen molar-refractivity contribution >= 4 is 5.82 Å². The van der Waals surface area contributed by atoms with Crippen LogP contribution in [0.3, 0.4) is 0 Å². The van der Waals surface area contributed by atoms with E-state index < -0.39 is 11.6 Å². The van der Waals surface area contributed by atoms with Crippen LogP contribution in [-0.2, 0) is 0 Å². The summed E-state index contributed by atoms with van der Waals surface area (Å²) >= 11 is 0. The smallest absolute Gasteiger partial charge is 0.214 e. The molecule has 1 atom stereocenters. The lowest BCUT2D eigenvalue weighted by Gasteiger charge is -2.29. The molecule has 1 heterocycles.